The van der Waals surface area contributed by atoms with E-state index in [2.05, 4.69) is 41.1 Å². The van der Waals surface area contributed by atoms with E-state index in [0.29, 0.717) is 6.42 Å². The molecule has 4 rings (SSSR count). The SMILES string of the molecule is CCCCCCCN1C(C(=O)O)Cc2c([nH]c3ccccc23)C12CCCCC2. The van der Waals surface area contributed by atoms with Crippen molar-refractivity contribution in [2.45, 2.75) is 89.1 Å². The smallest absolute Gasteiger partial charge is 0.321 e. The number of carboxylic acids is 1. The standard InChI is InChI=1S/C24H34N2O2/c1-2-3-4-5-11-16-26-21(23(27)28)17-19-18-12-7-8-13-20(18)25-22(19)24(26)14-9-6-10-15-24/h7-8,12-13,21,25H,2-6,9-11,14-17H2,1H3,(H,27,28). The number of aliphatic carboxylic acids is 1. The Bertz CT molecular complexity index is 819. The zero-order chi connectivity index (χ0) is 19.6. The van der Waals surface area contributed by atoms with E-state index in [1.807, 2.05) is 0 Å². The highest BCUT2D eigenvalue weighted by molar-refractivity contribution is 5.87. The fourth-order valence-electron chi connectivity index (χ4n) is 5.70. The predicted octanol–water partition coefficient (Wildman–Crippen LogP) is 5.61. The van der Waals surface area contributed by atoms with E-state index >= 15 is 0 Å². The maximum absolute atomic E-state index is 12.3. The third-order valence-electron chi connectivity index (χ3n) is 7.07. The number of unbranched alkanes of at least 4 members (excludes halogenated alkanes) is 4. The lowest BCUT2D eigenvalue weighted by molar-refractivity contribution is -0.149. The summed E-state index contributed by atoms with van der Waals surface area (Å²) in [6.45, 7) is 3.13. The zero-order valence-corrected chi connectivity index (χ0v) is 17.2. The molecule has 4 heteroatoms. The van der Waals surface area contributed by atoms with Crippen LogP contribution in [0.2, 0.25) is 0 Å². The Morgan fingerprint density at radius 2 is 1.89 bits per heavy atom. The number of H-pyrrole nitrogens is 1. The Morgan fingerprint density at radius 1 is 1.14 bits per heavy atom. The first kappa shape index (κ1) is 19.5. The van der Waals surface area contributed by atoms with Crippen LogP contribution in [-0.2, 0) is 16.8 Å². The van der Waals surface area contributed by atoms with Crippen LogP contribution >= 0.6 is 0 Å². The molecule has 0 bridgehead atoms. The summed E-state index contributed by atoms with van der Waals surface area (Å²) in [5.41, 5.74) is 3.61. The average Bonchev–Trinajstić information content (AvgIpc) is 3.09. The number of nitrogens with one attached hydrogen (secondary N) is 1. The van der Waals surface area contributed by atoms with E-state index in [0.717, 1.165) is 31.3 Å². The molecule has 1 saturated carbocycles. The monoisotopic (exact) mass is 382 g/mol. The van der Waals surface area contributed by atoms with Crippen molar-refractivity contribution in [1.82, 2.24) is 9.88 Å². The van der Waals surface area contributed by atoms with Crippen LogP contribution in [0.3, 0.4) is 0 Å². The molecule has 1 spiro atoms. The minimum Gasteiger partial charge on any atom is -0.480 e. The number of fused-ring (bicyclic) bond motifs is 4. The predicted molar refractivity (Wildman–Crippen MR) is 114 cm³/mol. The van der Waals surface area contributed by atoms with Gasteiger partial charge in [-0.25, -0.2) is 0 Å². The first-order chi connectivity index (χ1) is 13.7. The molecule has 1 aromatic heterocycles. The third-order valence-corrected chi connectivity index (χ3v) is 7.07. The fourth-order valence-corrected chi connectivity index (χ4v) is 5.70. The Labute approximate surface area is 168 Å². The van der Waals surface area contributed by atoms with Crippen LogP contribution in [0.4, 0.5) is 0 Å². The summed E-state index contributed by atoms with van der Waals surface area (Å²) in [6, 6.07) is 8.02. The quantitative estimate of drug-likeness (QED) is 0.612. The summed E-state index contributed by atoms with van der Waals surface area (Å²) >= 11 is 0. The fraction of sp³-hybridized carbons (Fsp3) is 0.625. The van der Waals surface area contributed by atoms with Gasteiger partial charge >= 0.3 is 5.97 Å². The summed E-state index contributed by atoms with van der Waals surface area (Å²) < 4.78 is 0. The van der Waals surface area contributed by atoms with Gasteiger partial charge in [-0.1, -0.05) is 70.1 Å². The number of carbonyl (C=O) groups is 1. The van der Waals surface area contributed by atoms with E-state index in [-0.39, 0.29) is 5.54 Å². The Hall–Kier alpha value is -1.81. The molecule has 2 heterocycles. The molecule has 2 aliphatic rings. The number of aromatic amines is 1. The molecule has 0 saturated heterocycles. The molecule has 2 aromatic rings. The lowest BCUT2D eigenvalue weighted by Crippen LogP contribution is -2.59. The van der Waals surface area contributed by atoms with E-state index < -0.39 is 12.0 Å². The van der Waals surface area contributed by atoms with E-state index in [9.17, 15) is 9.90 Å². The van der Waals surface area contributed by atoms with Crippen LogP contribution in [0.5, 0.6) is 0 Å². The molecule has 1 fully saturated rings. The lowest BCUT2D eigenvalue weighted by atomic mass is 9.72. The molecule has 0 amide bonds. The number of para-hydroxylation sites is 1. The molecule has 2 N–H and O–H groups in total. The topological polar surface area (TPSA) is 56.3 Å². The van der Waals surface area contributed by atoms with Crippen molar-refractivity contribution in [3.8, 4) is 0 Å². The second-order valence-electron chi connectivity index (χ2n) is 8.78. The average molecular weight is 383 g/mol. The van der Waals surface area contributed by atoms with Gasteiger partial charge < -0.3 is 10.1 Å². The number of aromatic nitrogens is 1. The van der Waals surface area contributed by atoms with Crippen LogP contribution in [-0.4, -0.2) is 33.5 Å². The van der Waals surface area contributed by atoms with E-state index in [1.54, 1.807) is 0 Å². The van der Waals surface area contributed by atoms with Gasteiger partial charge in [0, 0.05) is 23.0 Å². The number of nitrogens with zero attached hydrogens (tertiary/aromatic N) is 1. The summed E-state index contributed by atoms with van der Waals surface area (Å²) in [5.74, 6) is -0.658. The van der Waals surface area contributed by atoms with Crippen LogP contribution in [0.15, 0.2) is 24.3 Å². The Morgan fingerprint density at radius 3 is 2.64 bits per heavy atom. The minimum atomic E-state index is -0.658. The van der Waals surface area contributed by atoms with Crippen molar-refractivity contribution in [2.24, 2.45) is 0 Å². The normalized spacial score (nSPS) is 21.8. The van der Waals surface area contributed by atoms with Crippen molar-refractivity contribution in [3.05, 3.63) is 35.5 Å². The van der Waals surface area contributed by atoms with Crippen molar-refractivity contribution >= 4 is 16.9 Å². The maximum atomic E-state index is 12.3. The zero-order valence-electron chi connectivity index (χ0n) is 17.2. The van der Waals surface area contributed by atoms with Gasteiger partial charge in [-0.15, -0.1) is 0 Å². The highest BCUT2D eigenvalue weighted by atomic mass is 16.4. The summed E-state index contributed by atoms with van der Waals surface area (Å²) in [5, 5.41) is 11.4. The molecule has 1 unspecified atom stereocenters. The number of rotatable bonds is 7. The van der Waals surface area contributed by atoms with Gasteiger partial charge in [0.2, 0.25) is 0 Å². The highest BCUT2D eigenvalue weighted by Gasteiger charge is 2.50. The molecule has 1 aliphatic carbocycles. The van der Waals surface area contributed by atoms with Crippen LogP contribution < -0.4 is 0 Å². The molecule has 1 atom stereocenters. The van der Waals surface area contributed by atoms with Gasteiger partial charge in [0.15, 0.2) is 0 Å². The maximum Gasteiger partial charge on any atom is 0.321 e. The first-order valence-electron chi connectivity index (χ1n) is 11.3. The van der Waals surface area contributed by atoms with Gasteiger partial charge in [0.25, 0.3) is 0 Å². The van der Waals surface area contributed by atoms with Gasteiger partial charge in [0.1, 0.15) is 6.04 Å². The van der Waals surface area contributed by atoms with Crippen molar-refractivity contribution in [3.63, 3.8) is 0 Å². The minimum absolute atomic E-state index is 0.126. The Balaban J connectivity index is 1.73. The number of hydrogen-bond acceptors (Lipinski definition) is 2. The largest absolute Gasteiger partial charge is 0.480 e. The van der Waals surface area contributed by atoms with Gasteiger partial charge in [0.05, 0.1) is 5.54 Å². The number of hydrogen-bond donors (Lipinski definition) is 2. The molecule has 28 heavy (non-hydrogen) atoms. The number of benzene rings is 1. The molecule has 152 valence electrons. The van der Waals surface area contributed by atoms with Gasteiger partial charge in [-0.2, -0.15) is 0 Å². The molecule has 1 aliphatic heterocycles. The van der Waals surface area contributed by atoms with E-state index in [1.165, 1.54) is 61.6 Å². The first-order valence-corrected chi connectivity index (χ1v) is 11.3. The van der Waals surface area contributed by atoms with Crippen molar-refractivity contribution < 1.29 is 9.90 Å². The number of carboxylic acid groups (broad SMARTS) is 1. The van der Waals surface area contributed by atoms with Crippen LogP contribution in [0, 0.1) is 0 Å². The highest BCUT2D eigenvalue weighted by Crippen LogP contribution is 2.49. The summed E-state index contributed by atoms with van der Waals surface area (Å²) in [7, 11) is 0. The molecule has 1 aromatic carbocycles. The summed E-state index contributed by atoms with van der Waals surface area (Å²) in [4.78, 5) is 18.5. The van der Waals surface area contributed by atoms with Crippen molar-refractivity contribution in [2.75, 3.05) is 6.54 Å². The van der Waals surface area contributed by atoms with Crippen LogP contribution in [0.1, 0.15) is 82.4 Å². The third kappa shape index (κ3) is 3.36. The second kappa shape index (κ2) is 8.28. The Kier molecular flexibility index (Phi) is 5.77. The lowest BCUT2D eigenvalue weighted by Gasteiger charge is -2.52. The molecular weight excluding hydrogens is 348 g/mol. The molecular formula is C24H34N2O2. The summed E-state index contributed by atoms with van der Waals surface area (Å²) in [6.07, 6.45) is 12.5. The van der Waals surface area contributed by atoms with Crippen LogP contribution in [0.25, 0.3) is 10.9 Å². The van der Waals surface area contributed by atoms with Gasteiger partial charge in [-0.3, -0.25) is 9.69 Å². The second-order valence-corrected chi connectivity index (χ2v) is 8.78. The van der Waals surface area contributed by atoms with E-state index in [4.69, 9.17) is 0 Å². The molecule has 4 nitrogen and oxygen atoms in total. The van der Waals surface area contributed by atoms with Gasteiger partial charge in [-0.05, 0) is 37.4 Å². The molecule has 0 radical (unpaired) electrons. The van der Waals surface area contributed by atoms with Crippen molar-refractivity contribution in [1.29, 1.82) is 0 Å².